The van der Waals surface area contributed by atoms with Gasteiger partial charge in [-0.1, -0.05) is 12.1 Å². The summed E-state index contributed by atoms with van der Waals surface area (Å²) in [5.74, 6) is 0.631. The fraction of sp³-hybridized carbons (Fsp3) is 0.273. The van der Waals surface area contributed by atoms with Gasteiger partial charge in [-0.3, -0.25) is 4.98 Å². The zero-order valence-corrected chi connectivity index (χ0v) is 17.4. The standard InChI is InChI=1S/C22H22N2O4.ClH/c1-13-4-5-16-18(10-21(25)27-19(16)8-13)20-9-17-15(11-23-6-7-26-3)12-24-14(2)22(17)28-20;/h4-5,8-10,12,23H,6-7,11H2,1-3H3;1H. The van der Waals surface area contributed by atoms with Crippen molar-refractivity contribution < 1.29 is 13.6 Å². The summed E-state index contributed by atoms with van der Waals surface area (Å²) in [6.45, 7) is 5.93. The third kappa shape index (κ3) is 4.19. The van der Waals surface area contributed by atoms with Crippen LogP contribution in [0.2, 0.25) is 0 Å². The molecule has 6 nitrogen and oxygen atoms in total. The first-order chi connectivity index (χ1) is 13.6. The van der Waals surface area contributed by atoms with Crippen molar-refractivity contribution in [3.8, 4) is 11.3 Å². The number of methoxy groups -OCH3 is 1. The molecule has 0 aliphatic rings. The zero-order valence-electron chi connectivity index (χ0n) is 16.6. The molecular weight excluding hydrogens is 392 g/mol. The number of hydrogen-bond donors (Lipinski definition) is 1. The highest BCUT2D eigenvalue weighted by Gasteiger charge is 2.16. The van der Waals surface area contributed by atoms with E-state index in [1.807, 2.05) is 44.3 Å². The second-order valence-electron chi connectivity index (χ2n) is 6.87. The molecule has 0 spiro atoms. The highest BCUT2D eigenvalue weighted by Crippen LogP contribution is 2.34. The molecule has 3 aromatic heterocycles. The molecule has 0 radical (unpaired) electrons. The smallest absolute Gasteiger partial charge is 0.336 e. The predicted octanol–water partition coefficient (Wildman–Crippen LogP) is 4.38. The average molecular weight is 415 g/mol. The van der Waals surface area contributed by atoms with Gasteiger partial charge in [-0.25, -0.2) is 4.79 Å². The Morgan fingerprint density at radius 1 is 1.10 bits per heavy atom. The van der Waals surface area contributed by atoms with E-state index in [2.05, 4.69) is 10.3 Å². The van der Waals surface area contributed by atoms with Crippen molar-refractivity contribution in [3.63, 3.8) is 0 Å². The van der Waals surface area contributed by atoms with Gasteiger partial charge in [0.15, 0.2) is 5.58 Å². The minimum Gasteiger partial charge on any atom is -0.454 e. The number of aromatic nitrogens is 1. The normalized spacial score (nSPS) is 11.1. The fourth-order valence-corrected chi connectivity index (χ4v) is 3.35. The van der Waals surface area contributed by atoms with Crippen LogP contribution in [0.3, 0.4) is 0 Å². The summed E-state index contributed by atoms with van der Waals surface area (Å²) in [5.41, 5.74) is 4.49. The number of halogens is 1. The van der Waals surface area contributed by atoms with E-state index in [0.29, 0.717) is 24.5 Å². The third-order valence-electron chi connectivity index (χ3n) is 4.78. The van der Waals surface area contributed by atoms with Crippen LogP contribution in [0.4, 0.5) is 0 Å². The summed E-state index contributed by atoms with van der Waals surface area (Å²) in [7, 11) is 1.68. The molecule has 4 aromatic rings. The van der Waals surface area contributed by atoms with Crippen molar-refractivity contribution >= 4 is 34.3 Å². The molecule has 0 saturated heterocycles. The molecule has 0 aliphatic carbocycles. The number of pyridine rings is 1. The number of ether oxygens (including phenoxy) is 1. The summed E-state index contributed by atoms with van der Waals surface area (Å²) in [6.07, 6.45) is 1.86. The molecule has 1 aromatic carbocycles. The number of nitrogens with one attached hydrogen (secondary N) is 1. The van der Waals surface area contributed by atoms with Crippen LogP contribution in [-0.2, 0) is 11.3 Å². The van der Waals surface area contributed by atoms with Crippen molar-refractivity contribution in [1.29, 1.82) is 0 Å². The molecule has 0 amide bonds. The Balaban J connectivity index is 0.00000240. The van der Waals surface area contributed by atoms with Gasteiger partial charge in [0.1, 0.15) is 11.3 Å². The SMILES string of the molecule is COCCNCc1cnc(C)c2oc(-c3cc(=O)oc4cc(C)ccc34)cc12.Cl. The molecule has 0 fully saturated rings. The summed E-state index contributed by atoms with van der Waals surface area (Å²) < 4.78 is 16.6. The highest BCUT2D eigenvalue weighted by atomic mass is 35.5. The molecule has 0 aliphatic heterocycles. The van der Waals surface area contributed by atoms with Gasteiger partial charge in [0.2, 0.25) is 0 Å². The van der Waals surface area contributed by atoms with E-state index in [1.165, 1.54) is 6.07 Å². The molecule has 0 saturated carbocycles. The maximum absolute atomic E-state index is 12.1. The van der Waals surface area contributed by atoms with Crippen LogP contribution in [0, 0.1) is 13.8 Å². The quantitative estimate of drug-likeness (QED) is 0.372. The maximum Gasteiger partial charge on any atom is 0.336 e. The lowest BCUT2D eigenvalue weighted by Crippen LogP contribution is -2.18. The molecule has 0 atom stereocenters. The van der Waals surface area contributed by atoms with Crippen molar-refractivity contribution in [2.45, 2.75) is 20.4 Å². The minimum absolute atomic E-state index is 0. The Hall–Kier alpha value is -2.67. The Morgan fingerprint density at radius 3 is 2.72 bits per heavy atom. The molecule has 0 unspecified atom stereocenters. The molecule has 0 bridgehead atoms. The Morgan fingerprint density at radius 2 is 1.93 bits per heavy atom. The van der Waals surface area contributed by atoms with Crippen molar-refractivity contribution in [1.82, 2.24) is 10.3 Å². The van der Waals surface area contributed by atoms with Crippen molar-refractivity contribution in [2.24, 2.45) is 0 Å². The fourth-order valence-electron chi connectivity index (χ4n) is 3.35. The van der Waals surface area contributed by atoms with Crippen molar-refractivity contribution in [3.05, 3.63) is 63.8 Å². The van der Waals surface area contributed by atoms with Crippen LogP contribution < -0.4 is 10.9 Å². The van der Waals surface area contributed by atoms with Crippen LogP contribution in [0.15, 0.2) is 50.2 Å². The Labute approximate surface area is 174 Å². The molecule has 7 heteroatoms. The monoisotopic (exact) mass is 414 g/mol. The molecule has 3 heterocycles. The van der Waals surface area contributed by atoms with E-state index in [-0.39, 0.29) is 12.4 Å². The number of benzene rings is 1. The number of aryl methyl sites for hydroxylation is 2. The Bertz CT molecular complexity index is 1210. The van der Waals surface area contributed by atoms with E-state index in [1.54, 1.807) is 7.11 Å². The molecule has 1 N–H and O–H groups in total. The number of nitrogens with zero attached hydrogens (tertiary/aromatic N) is 1. The van der Waals surface area contributed by atoms with Gasteiger partial charge in [0.05, 0.1) is 12.3 Å². The second-order valence-corrected chi connectivity index (χ2v) is 6.87. The number of hydrogen-bond acceptors (Lipinski definition) is 6. The minimum atomic E-state index is -0.398. The van der Waals surface area contributed by atoms with Crippen LogP contribution in [0.25, 0.3) is 33.3 Å². The molecule has 4 rings (SSSR count). The van der Waals surface area contributed by atoms with E-state index >= 15 is 0 Å². The van der Waals surface area contributed by atoms with E-state index in [0.717, 1.165) is 45.3 Å². The van der Waals surface area contributed by atoms with Crippen LogP contribution in [0.5, 0.6) is 0 Å². The number of rotatable bonds is 6. The van der Waals surface area contributed by atoms with Gasteiger partial charge in [-0.2, -0.15) is 0 Å². The van der Waals surface area contributed by atoms with Crippen LogP contribution in [0.1, 0.15) is 16.8 Å². The first kappa shape index (κ1) is 21.0. The van der Waals surface area contributed by atoms with Gasteiger partial charge < -0.3 is 18.9 Å². The van der Waals surface area contributed by atoms with Crippen LogP contribution in [-0.4, -0.2) is 25.2 Å². The van der Waals surface area contributed by atoms with E-state index < -0.39 is 5.63 Å². The molecule has 29 heavy (non-hydrogen) atoms. The van der Waals surface area contributed by atoms with Crippen LogP contribution >= 0.6 is 12.4 Å². The van der Waals surface area contributed by atoms with E-state index in [9.17, 15) is 4.79 Å². The first-order valence-corrected chi connectivity index (χ1v) is 9.19. The highest BCUT2D eigenvalue weighted by molar-refractivity contribution is 5.95. The second kappa shape index (κ2) is 8.78. The van der Waals surface area contributed by atoms with E-state index in [4.69, 9.17) is 13.6 Å². The average Bonchev–Trinajstić information content (AvgIpc) is 3.12. The van der Waals surface area contributed by atoms with Gasteiger partial charge in [0, 0.05) is 48.8 Å². The maximum atomic E-state index is 12.1. The first-order valence-electron chi connectivity index (χ1n) is 9.19. The lowest BCUT2D eigenvalue weighted by molar-refractivity contribution is 0.199. The summed E-state index contributed by atoms with van der Waals surface area (Å²) in [6, 6.07) is 9.27. The Kier molecular flexibility index (Phi) is 6.37. The number of furan rings is 1. The van der Waals surface area contributed by atoms with Gasteiger partial charge >= 0.3 is 5.63 Å². The van der Waals surface area contributed by atoms with Crippen molar-refractivity contribution in [2.75, 3.05) is 20.3 Å². The molecule has 152 valence electrons. The van der Waals surface area contributed by atoms with Gasteiger partial charge in [-0.15, -0.1) is 12.4 Å². The number of fused-ring (bicyclic) bond motifs is 2. The lowest BCUT2D eigenvalue weighted by atomic mass is 10.1. The van der Waals surface area contributed by atoms with Gasteiger partial charge in [-0.05, 0) is 37.1 Å². The lowest BCUT2D eigenvalue weighted by Gasteiger charge is -2.05. The summed E-state index contributed by atoms with van der Waals surface area (Å²) >= 11 is 0. The van der Waals surface area contributed by atoms with Gasteiger partial charge in [0.25, 0.3) is 0 Å². The topological polar surface area (TPSA) is 77.5 Å². The molecular formula is C22H23ClN2O4. The third-order valence-corrected chi connectivity index (χ3v) is 4.78. The largest absolute Gasteiger partial charge is 0.454 e. The predicted molar refractivity (Wildman–Crippen MR) is 116 cm³/mol. The zero-order chi connectivity index (χ0) is 19.7. The summed E-state index contributed by atoms with van der Waals surface area (Å²) in [5, 5.41) is 5.17. The summed E-state index contributed by atoms with van der Waals surface area (Å²) in [4.78, 5) is 16.6.